The van der Waals surface area contributed by atoms with Crippen LogP contribution < -0.4 is 5.32 Å². The number of hydrogen-bond donors (Lipinski definition) is 1. The molecule has 20 heavy (non-hydrogen) atoms. The summed E-state index contributed by atoms with van der Waals surface area (Å²) in [6.07, 6.45) is 0. The van der Waals surface area contributed by atoms with Crippen LogP contribution in [0.4, 0.5) is 11.5 Å². The second-order valence-corrected chi connectivity index (χ2v) is 5.84. The van der Waals surface area contributed by atoms with Crippen LogP contribution >= 0.6 is 15.9 Å². The molecule has 1 N–H and O–H groups in total. The van der Waals surface area contributed by atoms with Crippen molar-refractivity contribution in [2.24, 2.45) is 0 Å². The number of nitrogens with one attached hydrogen (secondary N) is 1. The Morgan fingerprint density at radius 1 is 0.950 bits per heavy atom. The lowest BCUT2D eigenvalue weighted by atomic mass is 10.1. The highest BCUT2D eigenvalue weighted by Crippen LogP contribution is 2.25. The van der Waals surface area contributed by atoms with E-state index < -0.39 is 0 Å². The predicted octanol–water partition coefficient (Wildman–Crippen LogP) is 5.36. The first-order chi connectivity index (χ1) is 9.63. The fourth-order valence-electron chi connectivity index (χ4n) is 2.32. The Balaban J connectivity index is 2.02. The van der Waals surface area contributed by atoms with Crippen molar-refractivity contribution in [3.05, 3.63) is 64.1 Å². The molecule has 0 aliphatic heterocycles. The van der Waals surface area contributed by atoms with Gasteiger partial charge in [-0.3, -0.25) is 0 Å². The molecule has 0 radical (unpaired) electrons. The van der Waals surface area contributed by atoms with Gasteiger partial charge in [0.15, 0.2) is 0 Å². The maximum Gasteiger partial charge on any atom is 0.131 e. The first-order valence-corrected chi connectivity index (χ1v) is 7.32. The molecule has 0 unspecified atom stereocenters. The third-order valence-corrected chi connectivity index (χ3v) is 3.87. The topological polar surface area (TPSA) is 24.9 Å². The highest BCUT2D eigenvalue weighted by atomic mass is 79.9. The number of fused-ring (bicyclic) bond motifs is 1. The molecule has 100 valence electrons. The summed E-state index contributed by atoms with van der Waals surface area (Å²) in [7, 11) is 0. The zero-order valence-corrected chi connectivity index (χ0v) is 13.0. The molecule has 3 heteroatoms. The average molecular weight is 327 g/mol. The van der Waals surface area contributed by atoms with Gasteiger partial charge in [0.2, 0.25) is 0 Å². The minimum absolute atomic E-state index is 0.881. The zero-order chi connectivity index (χ0) is 14.1. The van der Waals surface area contributed by atoms with Crippen LogP contribution in [0.15, 0.2) is 53.0 Å². The van der Waals surface area contributed by atoms with Crippen molar-refractivity contribution in [2.45, 2.75) is 13.8 Å². The summed E-state index contributed by atoms with van der Waals surface area (Å²) in [4.78, 5) is 4.67. The molecule has 2 aromatic carbocycles. The van der Waals surface area contributed by atoms with Crippen LogP contribution in [0.25, 0.3) is 10.9 Å². The summed E-state index contributed by atoms with van der Waals surface area (Å²) >= 11 is 3.48. The fraction of sp³-hybridized carbons (Fsp3) is 0.118. The van der Waals surface area contributed by atoms with Gasteiger partial charge in [0.05, 0.1) is 5.52 Å². The molecular weight excluding hydrogens is 312 g/mol. The molecule has 0 aliphatic carbocycles. The molecule has 0 atom stereocenters. The van der Waals surface area contributed by atoms with Gasteiger partial charge in [0.1, 0.15) is 5.82 Å². The van der Waals surface area contributed by atoms with E-state index in [1.54, 1.807) is 0 Å². The summed E-state index contributed by atoms with van der Waals surface area (Å²) in [6.45, 7) is 4.20. The Labute approximate surface area is 127 Å². The largest absolute Gasteiger partial charge is 0.340 e. The van der Waals surface area contributed by atoms with Gasteiger partial charge in [0, 0.05) is 15.5 Å². The van der Waals surface area contributed by atoms with Crippen molar-refractivity contribution < 1.29 is 0 Å². The maximum absolute atomic E-state index is 4.67. The van der Waals surface area contributed by atoms with Crippen molar-refractivity contribution in [3.63, 3.8) is 0 Å². The number of benzene rings is 2. The minimum Gasteiger partial charge on any atom is -0.340 e. The molecule has 0 amide bonds. The SMILES string of the molecule is Cc1cc(Br)ccc1Nc1cc(C)c2ccccc2n1. The van der Waals surface area contributed by atoms with Gasteiger partial charge in [0.25, 0.3) is 0 Å². The number of anilines is 2. The van der Waals surface area contributed by atoms with Crippen LogP contribution in [0.3, 0.4) is 0 Å². The van der Waals surface area contributed by atoms with Gasteiger partial charge in [-0.15, -0.1) is 0 Å². The molecule has 0 fully saturated rings. The molecule has 2 nitrogen and oxygen atoms in total. The lowest BCUT2D eigenvalue weighted by molar-refractivity contribution is 1.32. The Morgan fingerprint density at radius 3 is 2.55 bits per heavy atom. The highest BCUT2D eigenvalue weighted by Gasteiger charge is 2.04. The van der Waals surface area contributed by atoms with E-state index >= 15 is 0 Å². The van der Waals surface area contributed by atoms with Gasteiger partial charge in [-0.2, -0.15) is 0 Å². The summed E-state index contributed by atoms with van der Waals surface area (Å²) in [6, 6.07) is 16.5. The Kier molecular flexibility index (Phi) is 3.45. The quantitative estimate of drug-likeness (QED) is 0.685. The van der Waals surface area contributed by atoms with E-state index in [1.165, 1.54) is 16.5 Å². The first kappa shape index (κ1) is 13.1. The number of halogens is 1. The minimum atomic E-state index is 0.881. The second kappa shape index (κ2) is 5.25. The normalized spacial score (nSPS) is 10.8. The zero-order valence-electron chi connectivity index (χ0n) is 11.4. The van der Waals surface area contributed by atoms with Crippen LogP contribution in [-0.4, -0.2) is 4.98 Å². The number of nitrogens with zero attached hydrogens (tertiary/aromatic N) is 1. The number of rotatable bonds is 2. The van der Waals surface area contributed by atoms with E-state index in [9.17, 15) is 0 Å². The van der Waals surface area contributed by atoms with Gasteiger partial charge in [-0.1, -0.05) is 34.1 Å². The van der Waals surface area contributed by atoms with Crippen LogP contribution in [0.1, 0.15) is 11.1 Å². The molecule has 0 saturated heterocycles. The van der Waals surface area contributed by atoms with E-state index in [2.05, 4.69) is 64.3 Å². The highest BCUT2D eigenvalue weighted by molar-refractivity contribution is 9.10. The van der Waals surface area contributed by atoms with E-state index in [-0.39, 0.29) is 0 Å². The summed E-state index contributed by atoms with van der Waals surface area (Å²) in [5.74, 6) is 0.881. The molecular formula is C17H15BrN2. The molecule has 0 bridgehead atoms. The Bertz CT molecular complexity index is 781. The molecule has 0 spiro atoms. The van der Waals surface area contributed by atoms with Crippen LogP contribution in [0.2, 0.25) is 0 Å². The Morgan fingerprint density at radius 2 is 1.75 bits per heavy atom. The van der Waals surface area contributed by atoms with E-state index in [0.29, 0.717) is 0 Å². The smallest absolute Gasteiger partial charge is 0.131 e. The second-order valence-electron chi connectivity index (χ2n) is 4.93. The third-order valence-electron chi connectivity index (χ3n) is 3.37. The molecule has 0 saturated carbocycles. The number of aromatic nitrogens is 1. The standard InChI is InChI=1S/C17H15BrN2/c1-11-10-17(20-16-6-4-3-5-14(11)16)19-15-8-7-13(18)9-12(15)2/h3-10H,1-2H3,(H,19,20). The maximum atomic E-state index is 4.67. The number of aryl methyl sites for hydroxylation is 2. The summed E-state index contributed by atoms with van der Waals surface area (Å²) in [5.41, 5.74) is 4.51. The summed E-state index contributed by atoms with van der Waals surface area (Å²) < 4.78 is 1.09. The van der Waals surface area contributed by atoms with Crippen LogP contribution in [0.5, 0.6) is 0 Å². The van der Waals surface area contributed by atoms with Crippen molar-refractivity contribution in [1.82, 2.24) is 4.98 Å². The first-order valence-electron chi connectivity index (χ1n) is 6.53. The molecule has 1 heterocycles. The van der Waals surface area contributed by atoms with E-state index in [1.807, 2.05) is 24.3 Å². The molecule has 0 aliphatic rings. The average Bonchev–Trinajstić information content (AvgIpc) is 2.42. The van der Waals surface area contributed by atoms with Gasteiger partial charge < -0.3 is 5.32 Å². The number of pyridine rings is 1. The molecule has 3 aromatic rings. The van der Waals surface area contributed by atoms with Crippen molar-refractivity contribution in [3.8, 4) is 0 Å². The van der Waals surface area contributed by atoms with Gasteiger partial charge in [-0.25, -0.2) is 4.98 Å². The van der Waals surface area contributed by atoms with Crippen molar-refractivity contribution >= 4 is 38.3 Å². The summed E-state index contributed by atoms with van der Waals surface area (Å²) in [5, 5.41) is 4.60. The molecule has 3 rings (SSSR count). The van der Waals surface area contributed by atoms with Crippen LogP contribution in [0, 0.1) is 13.8 Å². The molecule has 1 aromatic heterocycles. The van der Waals surface area contributed by atoms with Crippen molar-refractivity contribution in [2.75, 3.05) is 5.32 Å². The van der Waals surface area contributed by atoms with Crippen LogP contribution in [-0.2, 0) is 0 Å². The predicted molar refractivity (Wildman–Crippen MR) is 88.6 cm³/mol. The van der Waals surface area contributed by atoms with E-state index in [0.717, 1.165) is 21.5 Å². The fourth-order valence-corrected chi connectivity index (χ4v) is 2.79. The number of hydrogen-bond acceptors (Lipinski definition) is 2. The van der Waals surface area contributed by atoms with Crippen molar-refractivity contribution in [1.29, 1.82) is 0 Å². The lowest BCUT2D eigenvalue weighted by Gasteiger charge is -2.11. The van der Waals surface area contributed by atoms with Gasteiger partial charge >= 0.3 is 0 Å². The van der Waals surface area contributed by atoms with Gasteiger partial charge in [-0.05, 0) is 55.3 Å². The Hall–Kier alpha value is -1.87. The van der Waals surface area contributed by atoms with E-state index in [4.69, 9.17) is 0 Å². The lowest BCUT2D eigenvalue weighted by Crippen LogP contribution is -1.97. The number of para-hydroxylation sites is 1. The monoisotopic (exact) mass is 326 g/mol. The third kappa shape index (κ3) is 2.54.